The molecule has 0 saturated heterocycles. The van der Waals surface area contributed by atoms with Crippen molar-refractivity contribution in [3.8, 4) is 11.1 Å². The van der Waals surface area contributed by atoms with E-state index < -0.39 is 0 Å². The van der Waals surface area contributed by atoms with Crippen LogP contribution in [0.3, 0.4) is 0 Å². The molecular weight excluding hydrogens is 628 g/mol. The molecule has 0 amide bonds. The highest BCUT2D eigenvalue weighted by Crippen LogP contribution is 2.56. The van der Waals surface area contributed by atoms with Crippen LogP contribution in [0.15, 0.2) is 93.9 Å². The van der Waals surface area contributed by atoms with Crippen LogP contribution in [0.5, 0.6) is 0 Å². The van der Waals surface area contributed by atoms with E-state index in [1.54, 1.807) is 11.1 Å². The van der Waals surface area contributed by atoms with Gasteiger partial charge in [-0.1, -0.05) is 107 Å². The van der Waals surface area contributed by atoms with Crippen molar-refractivity contribution in [2.24, 2.45) is 0 Å². The zero-order chi connectivity index (χ0) is 28.1. The van der Waals surface area contributed by atoms with Gasteiger partial charge in [0.25, 0.3) is 0 Å². The number of hydrogen-bond acceptors (Lipinski definition) is 0. The van der Waals surface area contributed by atoms with Crippen LogP contribution in [-0.4, -0.2) is 0 Å². The van der Waals surface area contributed by atoms with Crippen LogP contribution in [0.2, 0.25) is 0 Å². The molecule has 0 spiro atoms. The first-order valence-electron chi connectivity index (χ1n) is 15.3. The zero-order valence-corrected chi connectivity index (χ0v) is 27.2. The number of fused-ring (bicyclic) bond motifs is 3. The molecule has 4 aromatic carbocycles. The van der Waals surface area contributed by atoms with Gasteiger partial charge >= 0.3 is 0 Å². The van der Waals surface area contributed by atoms with Gasteiger partial charge in [-0.25, -0.2) is 0 Å². The van der Waals surface area contributed by atoms with Crippen molar-refractivity contribution < 1.29 is 0 Å². The van der Waals surface area contributed by atoms with E-state index in [1.807, 2.05) is 0 Å². The quantitative estimate of drug-likeness (QED) is 0.176. The van der Waals surface area contributed by atoms with Gasteiger partial charge in [0.05, 0.1) is 0 Å². The minimum Gasteiger partial charge on any atom is -0.0653 e. The smallest absolute Gasteiger partial charge is 0.0215 e. The van der Waals surface area contributed by atoms with Crippen molar-refractivity contribution >= 4 is 54.2 Å². The Morgan fingerprint density at radius 3 is 1.17 bits per heavy atom. The average Bonchev–Trinajstić information content (AvgIpc) is 3.19. The molecule has 0 saturated carbocycles. The lowest BCUT2D eigenvalue weighted by Gasteiger charge is -2.34. The van der Waals surface area contributed by atoms with Gasteiger partial charge in [-0.3, -0.25) is 0 Å². The number of halogens is 2. The Labute approximate surface area is 261 Å². The standard InChI is InChI=1S/C39H36Br2/c1-3-21-39(22-4-2)37-23-27(33-19-17-31(33)25-5-11-29(40)12-6-25)9-15-35(37)36-16-10-28(24-38(36)39)34-20-18-32(34)26-7-13-30(41)14-8-26/h5-16,23-24H,3-4,17-22H2,1-2H3. The zero-order valence-electron chi connectivity index (χ0n) is 24.0. The molecule has 0 fully saturated rings. The summed E-state index contributed by atoms with van der Waals surface area (Å²) in [4.78, 5) is 0. The fourth-order valence-corrected chi connectivity index (χ4v) is 8.24. The largest absolute Gasteiger partial charge is 0.0653 e. The molecule has 206 valence electrons. The summed E-state index contributed by atoms with van der Waals surface area (Å²) in [7, 11) is 0. The lowest BCUT2D eigenvalue weighted by atomic mass is 9.69. The highest BCUT2D eigenvalue weighted by atomic mass is 79.9. The molecule has 0 nitrogen and oxygen atoms in total. The van der Waals surface area contributed by atoms with Crippen molar-refractivity contribution in [1.29, 1.82) is 0 Å². The Bertz CT molecular complexity index is 1570. The van der Waals surface area contributed by atoms with Crippen molar-refractivity contribution in [2.75, 3.05) is 0 Å². The van der Waals surface area contributed by atoms with E-state index in [-0.39, 0.29) is 5.41 Å². The Kier molecular flexibility index (Phi) is 7.20. The second-order valence-corrected chi connectivity index (χ2v) is 13.9. The first-order chi connectivity index (χ1) is 20.0. The number of rotatable bonds is 8. The third-order valence-electron chi connectivity index (χ3n) is 9.77. The Hall–Kier alpha value is -2.68. The molecule has 4 aromatic rings. The molecular formula is C39H36Br2. The van der Waals surface area contributed by atoms with Crippen molar-refractivity contribution in [3.05, 3.63) is 127 Å². The molecule has 3 aliphatic rings. The van der Waals surface area contributed by atoms with Gasteiger partial charge in [0.15, 0.2) is 0 Å². The van der Waals surface area contributed by atoms with Crippen molar-refractivity contribution in [3.63, 3.8) is 0 Å². The number of benzene rings is 4. The number of allylic oxidation sites excluding steroid dienone is 4. The maximum atomic E-state index is 3.60. The molecule has 0 atom stereocenters. The van der Waals surface area contributed by atoms with E-state index in [2.05, 4.69) is 131 Å². The first kappa shape index (κ1) is 27.2. The summed E-state index contributed by atoms with van der Waals surface area (Å²) in [6.07, 6.45) is 9.45. The Balaban J connectivity index is 1.34. The third-order valence-corrected chi connectivity index (χ3v) is 10.8. The van der Waals surface area contributed by atoms with Gasteiger partial charge in [0.2, 0.25) is 0 Å². The summed E-state index contributed by atoms with van der Waals surface area (Å²) >= 11 is 7.21. The van der Waals surface area contributed by atoms with Gasteiger partial charge < -0.3 is 0 Å². The van der Waals surface area contributed by atoms with Crippen LogP contribution in [0.1, 0.15) is 98.6 Å². The molecule has 0 unspecified atom stereocenters. The Morgan fingerprint density at radius 1 is 0.488 bits per heavy atom. The first-order valence-corrected chi connectivity index (χ1v) is 16.9. The normalized spacial score (nSPS) is 16.8. The van der Waals surface area contributed by atoms with E-state index >= 15 is 0 Å². The molecule has 7 rings (SSSR count). The van der Waals surface area contributed by atoms with E-state index in [1.165, 1.54) is 107 Å². The van der Waals surface area contributed by atoms with Gasteiger partial charge in [0, 0.05) is 14.4 Å². The highest BCUT2D eigenvalue weighted by Gasteiger charge is 2.42. The molecule has 0 N–H and O–H groups in total. The molecule has 3 aliphatic carbocycles. The van der Waals surface area contributed by atoms with Crippen molar-refractivity contribution in [1.82, 2.24) is 0 Å². The lowest BCUT2D eigenvalue weighted by Crippen LogP contribution is -2.25. The van der Waals surface area contributed by atoms with E-state index in [0.717, 1.165) is 8.95 Å². The summed E-state index contributed by atoms with van der Waals surface area (Å²) in [5, 5.41) is 0. The predicted molar refractivity (Wildman–Crippen MR) is 183 cm³/mol. The second kappa shape index (κ2) is 10.9. The molecule has 0 aliphatic heterocycles. The van der Waals surface area contributed by atoms with E-state index in [0.29, 0.717) is 0 Å². The third kappa shape index (κ3) is 4.54. The molecule has 0 aromatic heterocycles. The number of hydrogen-bond donors (Lipinski definition) is 0. The Morgan fingerprint density at radius 2 is 0.829 bits per heavy atom. The predicted octanol–water partition coefficient (Wildman–Crippen LogP) is 12.5. The van der Waals surface area contributed by atoms with Crippen LogP contribution in [0.4, 0.5) is 0 Å². The summed E-state index contributed by atoms with van der Waals surface area (Å²) in [5.74, 6) is 0. The summed E-state index contributed by atoms with van der Waals surface area (Å²) in [6.45, 7) is 4.73. The van der Waals surface area contributed by atoms with Crippen LogP contribution in [0, 0.1) is 0 Å². The van der Waals surface area contributed by atoms with Gasteiger partial charge in [-0.2, -0.15) is 0 Å². The fourth-order valence-electron chi connectivity index (χ4n) is 7.71. The summed E-state index contributed by atoms with van der Waals surface area (Å²) in [6, 6.07) is 32.6. The minimum atomic E-state index is 0.0876. The maximum Gasteiger partial charge on any atom is 0.0215 e. The van der Waals surface area contributed by atoms with Crippen LogP contribution in [-0.2, 0) is 5.41 Å². The van der Waals surface area contributed by atoms with Crippen LogP contribution < -0.4 is 0 Å². The van der Waals surface area contributed by atoms with Gasteiger partial charge in [-0.15, -0.1) is 0 Å². The summed E-state index contributed by atoms with van der Waals surface area (Å²) in [5.41, 5.74) is 17.8. The SMILES string of the molecule is CCCC1(CCC)c2cc(C3=C(c4ccc(Br)cc4)CC3)ccc2-c2ccc(C3=C(c4ccc(Br)cc4)CC3)cc21. The average molecular weight is 665 g/mol. The monoisotopic (exact) mass is 662 g/mol. The second-order valence-electron chi connectivity index (χ2n) is 12.0. The molecule has 0 heterocycles. The van der Waals surface area contributed by atoms with Crippen LogP contribution >= 0.6 is 31.9 Å². The molecule has 0 bridgehead atoms. The topological polar surface area (TPSA) is 0 Å². The molecule has 0 radical (unpaired) electrons. The molecule has 41 heavy (non-hydrogen) atoms. The van der Waals surface area contributed by atoms with Crippen LogP contribution in [0.25, 0.3) is 33.4 Å². The van der Waals surface area contributed by atoms with E-state index in [4.69, 9.17) is 0 Å². The van der Waals surface area contributed by atoms with Gasteiger partial charge in [0.1, 0.15) is 0 Å². The van der Waals surface area contributed by atoms with E-state index in [9.17, 15) is 0 Å². The fraction of sp³-hybridized carbons (Fsp3) is 0.282. The van der Waals surface area contributed by atoms with Gasteiger partial charge in [-0.05, 0) is 142 Å². The molecule has 2 heteroatoms. The summed E-state index contributed by atoms with van der Waals surface area (Å²) < 4.78 is 2.28. The van der Waals surface area contributed by atoms with Crippen molar-refractivity contribution in [2.45, 2.75) is 70.6 Å². The minimum absolute atomic E-state index is 0.0876. The lowest BCUT2D eigenvalue weighted by molar-refractivity contribution is 0.435. The highest BCUT2D eigenvalue weighted by molar-refractivity contribution is 9.10. The maximum absolute atomic E-state index is 3.60.